The Labute approximate surface area is 887 Å². The Kier molecular flexibility index (Phi) is 41.6. The first-order valence-electron chi connectivity index (χ1n) is 44.1. The first-order chi connectivity index (χ1) is 67.3. The van der Waals surface area contributed by atoms with Gasteiger partial charge >= 0.3 is 66.3 Å². The van der Waals surface area contributed by atoms with Crippen LogP contribution in [0.3, 0.4) is 0 Å². The Balaban J connectivity index is 0.000000179. The number of benzene rings is 1. The zero-order chi connectivity index (χ0) is 98.4. The monoisotopic (exact) mass is 2190 g/mol. The number of methoxy groups -OCH3 is 2. The van der Waals surface area contributed by atoms with Crippen LogP contribution in [0.4, 0.5) is 28.4 Å². The molecule has 47 heteroatoms. The molecule has 0 radical (unpaired) electrons. The molecule has 5 aliphatic heterocycles. The van der Waals surface area contributed by atoms with Crippen LogP contribution in [0.1, 0.15) is 99.7 Å². The van der Waals surface area contributed by atoms with Crippen LogP contribution in [-0.4, -0.2) is 280 Å². The standard InChI is InChI=1S/C22H22N4O4S.C20H20N6O3.C19H18N6O3.C15H15IN4O.C15H16N4O2.C5H6N2O2.HI.Li.Na.H2O/c1-15-5-7-18(8-6-15)31(27,28)29-14-17-13-26(12-16(2)30-17)21-11-25-20(10-23)22-19(21)4-3-9-24-22;1-13-9-25(18-8-23-17(6-21)19-16(18)4-3-5-22-19)11-15(29-13)12-26-10-14(7-24-26)20(27)28-2;1-12-8-24(10-14(28-12)11-25-9-13(6-23-25)19(26)27)17-7-22-16(5-20)18-15(17)3-2-4-21-18;1-10-8-20(9-11(5-16)21-10)14-7-19-13(6-17)15-12(14)3-2-4-18-15;1-10-7-19(8-11(9-20)21-10)14-6-18-13(5-16)15-12(14)3-2-4-17-15;1-9-5(8)4-2-6-7-3-4;;;;/h3-9,11,16-17H,12-14H2,1-2H3;3-5,7-8,10,13,15H,9,11-12H2,1-2H3;2-4,6-7,9,12,14H,8,10-11H2,1H3,(H,26,27);2-4,7,10-11H,5,8-9H2,1H3;2-4,6,10-11,20H,7-9H2,1H3;2-3H,1H3,(H,6,7);1H;;;1H2/q;;;;;;;2*+1;/p-2/t16-,17-;13-,15-;12-,14-;10-,11+;10-,11-;;;;;/m11111...../s1. The van der Waals surface area contributed by atoms with Gasteiger partial charge in [-0.2, -0.15) is 50.0 Å². The maximum absolute atomic E-state index is 12.5. The number of esters is 2. The molecule has 10 atom stereocenters. The van der Waals surface area contributed by atoms with E-state index in [1.54, 1.807) is 89.7 Å². The summed E-state index contributed by atoms with van der Waals surface area (Å²) >= 11 is 2.35. The van der Waals surface area contributed by atoms with E-state index in [1.807, 2.05) is 95.3 Å². The number of carboxylic acids is 1. The van der Waals surface area contributed by atoms with E-state index in [4.69, 9.17) is 43.0 Å². The van der Waals surface area contributed by atoms with E-state index in [0.717, 1.165) is 78.4 Å². The minimum atomic E-state index is -3.88. The molecule has 42 nitrogen and oxygen atoms in total. The topological polar surface area (TPSA) is 558 Å². The fourth-order valence-electron chi connectivity index (χ4n) is 16.7. The van der Waals surface area contributed by atoms with Gasteiger partial charge < -0.3 is 97.3 Å². The Hall–Kier alpha value is -12.8. The summed E-state index contributed by atoms with van der Waals surface area (Å²) in [6, 6.07) is 35.9. The van der Waals surface area contributed by atoms with Crippen molar-refractivity contribution in [3.63, 3.8) is 0 Å². The van der Waals surface area contributed by atoms with Crippen LogP contribution in [-0.2, 0) is 60.5 Å². The number of halogens is 2. The van der Waals surface area contributed by atoms with Crippen LogP contribution in [0.2, 0.25) is 0 Å². The largest absolute Gasteiger partial charge is 1.00 e. The molecule has 0 amide bonds. The number of carbonyl (C=O) groups excluding carboxylic acids is 2. The van der Waals surface area contributed by atoms with Gasteiger partial charge in [0.2, 0.25) is 0 Å². The average molecular weight is 2190 g/mol. The van der Waals surface area contributed by atoms with Gasteiger partial charge in [0.25, 0.3) is 10.1 Å². The molecule has 730 valence electrons. The summed E-state index contributed by atoms with van der Waals surface area (Å²) in [5.74, 6) is -1.80. The number of ether oxygens (including phenoxy) is 7. The van der Waals surface area contributed by atoms with Gasteiger partial charge in [-0.25, -0.2) is 39.3 Å². The minimum absolute atomic E-state index is 0. The number of anilines is 5. The molecule has 5 aliphatic rings. The van der Waals surface area contributed by atoms with E-state index in [0.29, 0.717) is 127 Å². The van der Waals surface area contributed by atoms with E-state index >= 15 is 0 Å². The second-order valence-corrected chi connectivity index (χ2v) is 35.4. The number of rotatable bonds is 18. The maximum atomic E-state index is 12.5. The number of carbonyl (C=O) groups is 3. The number of aromatic amines is 1. The summed E-state index contributed by atoms with van der Waals surface area (Å²) in [6.45, 7) is 19.3. The van der Waals surface area contributed by atoms with Gasteiger partial charge in [0, 0.05) is 146 Å². The van der Waals surface area contributed by atoms with E-state index < -0.39 is 28.2 Å². The van der Waals surface area contributed by atoms with Crippen LogP contribution >= 0.6 is 22.6 Å². The number of alkyl halides is 1. The number of morpholine rings is 5. The second-order valence-electron chi connectivity index (χ2n) is 33.0. The average Bonchev–Trinajstić information content (AvgIpc) is 1.44. The SMILES string of the molecule is COC(=O)c1cn[nH]c1.COC(=O)c1cnn(C[C@H]2CN(c3cnc(C#N)c4ncccc34)C[C@@H](C)O2)c1.C[C@@H]1CN(c2cnc(C#N)c3ncccc23)C[C@H](CI)O1.C[C@@H]1CN(c2cnc(C#N)c3ncccc23)C[C@H](CO)O1.C[C@@H]1CN(c2cnc(C#N)c3ncccc23)C[C@H](Cn2cc(C(=O)O)cn2)O1.Cc1ccc(S(=O)(=O)OC[C@H]2CN(c3cnc(C#N)c4ncccc34)C[C@@H](C)O2)cc1.[I-].[Li+].[Na+].[OH-]. The Morgan fingerprint density at radius 1 is 0.448 bits per heavy atom. The molecule has 0 unspecified atom stereocenters. The number of H-pyrrole nitrogens is 1. The normalized spacial score (nSPS) is 19.0. The predicted octanol–water partition coefficient (Wildman–Crippen LogP) is 0.927. The predicted molar refractivity (Wildman–Crippen MR) is 519 cm³/mol. The number of pyridine rings is 10. The number of hydrogen-bond acceptors (Lipinski definition) is 38. The number of fused-ring (bicyclic) bond motifs is 5. The first kappa shape index (κ1) is 112. The quantitative estimate of drug-likeness (QED) is 0.0353. The van der Waals surface area contributed by atoms with Crippen molar-refractivity contribution < 1.29 is 148 Å². The molecular formula is C96H98I2LiN26NaO16S. The van der Waals surface area contributed by atoms with E-state index in [9.17, 15) is 49.0 Å². The number of aromatic nitrogens is 16. The van der Waals surface area contributed by atoms with Gasteiger partial charge in [-0.15, -0.1) is 0 Å². The van der Waals surface area contributed by atoms with E-state index in [1.165, 1.54) is 57.3 Å². The number of nitriles is 5. The van der Waals surface area contributed by atoms with Gasteiger partial charge in [-0.05, 0) is 114 Å². The van der Waals surface area contributed by atoms with Gasteiger partial charge in [-0.1, -0.05) is 40.3 Å². The summed E-state index contributed by atoms with van der Waals surface area (Å²) in [5.41, 5.74) is 11.1. The molecule has 143 heavy (non-hydrogen) atoms. The van der Waals surface area contributed by atoms with Crippen molar-refractivity contribution in [3.05, 3.63) is 235 Å². The summed E-state index contributed by atoms with van der Waals surface area (Å²) in [5, 5.41) is 83.5. The molecule has 14 aromatic rings. The van der Waals surface area contributed by atoms with Crippen LogP contribution < -0.4 is 96.9 Å². The van der Waals surface area contributed by atoms with E-state index in [-0.39, 0.29) is 168 Å². The molecule has 0 aliphatic carbocycles. The summed E-state index contributed by atoms with van der Waals surface area (Å²) in [6.07, 6.45) is 25.0. The van der Waals surface area contributed by atoms with Crippen molar-refractivity contribution in [2.45, 2.75) is 121 Å². The second kappa shape index (κ2) is 53.0. The summed E-state index contributed by atoms with van der Waals surface area (Å²) < 4.78 is 73.3. The Morgan fingerprint density at radius 3 is 1.07 bits per heavy atom. The van der Waals surface area contributed by atoms with Crippen molar-refractivity contribution in [2.75, 3.05) is 122 Å². The molecule has 5 fully saturated rings. The summed E-state index contributed by atoms with van der Waals surface area (Å²) in [4.78, 5) is 87.1. The number of nitrogens with one attached hydrogen (secondary N) is 1. The Bertz CT molecular complexity index is 6960. The number of aromatic carboxylic acids is 1. The third-order valence-electron chi connectivity index (χ3n) is 22.7. The van der Waals surface area contributed by atoms with Gasteiger partial charge in [0.05, 0.1) is 195 Å². The fraction of sp³-hybridized carbons (Fsp3) is 0.344. The molecular weight excluding hydrogens is 2090 g/mol. The van der Waals surface area contributed by atoms with Crippen LogP contribution in [0.5, 0.6) is 0 Å². The van der Waals surface area contributed by atoms with Crippen LogP contribution in [0.15, 0.2) is 189 Å². The van der Waals surface area contributed by atoms with Gasteiger partial charge in [-0.3, -0.25) is 43.6 Å². The molecule has 5 saturated heterocycles. The number of nitrogens with zero attached hydrogens (tertiary/aromatic N) is 25. The smallest absolute Gasteiger partial charge is 1.00 e. The molecule has 1 aromatic carbocycles. The number of aliphatic hydroxyl groups is 1. The number of hydrogen-bond donors (Lipinski definition) is 3. The van der Waals surface area contributed by atoms with Crippen LogP contribution in [0, 0.1) is 63.6 Å². The maximum Gasteiger partial charge on any atom is 1.00 e. The number of carboxylic acid groups (broad SMARTS) is 1. The van der Waals surface area contributed by atoms with Gasteiger partial charge in [0.15, 0.2) is 28.5 Å². The fourth-order valence-corrected chi connectivity index (χ4v) is 18.2. The van der Waals surface area contributed by atoms with Crippen molar-refractivity contribution in [3.8, 4) is 30.3 Å². The molecule has 19 rings (SSSR count). The molecule has 18 heterocycles. The van der Waals surface area contributed by atoms with Gasteiger partial charge in [0.1, 0.15) is 64.0 Å². The van der Waals surface area contributed by atoms with Crippen molar-refractivity contribution in [1.82, 2.24) is 79.6 Å². The summed E-state index contributed by atoms with van der Waals surface area (Å²) in [7, 11) is -1.21. The zero-order valence-corrected chi connectivity index (χ0v) is 86.8. The zero-order valence-electron chi connectivity index (χ0n) is 79.7. The first-order valence-corrected chi connectivity index (χ1v) is 47.0. The molecule has 0 spiro atoms. The molecule has 13 aromatic heterocycles. The third-order valence-corrected chi connectivity index (χ3v) is 25.0. The number of aryl methyl sites for hydroxylation is 1. The molecule has 0 bridgehead atoms. The van der Waals surface area contributed by atoms with Crippen molar-refractivity contribution in [2.24, 2.45) is 0 Å². The van der Waals surface area contributed by atoms with Crippen molar-refractivity contribution >= 4 is 134 Å². The van der Waals surface area contributed by atoms with E-state index in [2.05, 4.69) is 159 Å². The number of aliphatic hydroxyl groups excluding tert-OH is 1. The molecule has 4 N–H and O–H groups in total. The minimum Gasteiger partial charge on any atom is -1.00 e. The van der Waals surface area contributed by atoms with Crippen molar-refractivity contribution in [1.29, 1.82) is 26.3 Å². The van der Waals surface area contributed by atoms with Crippen LogP contribution in [0.25, 0.3) is 54.5 Å². The molecule has 0 saturated carbocycles. The Morgan fingerprint density at radius 2 is 0.755 bits per heavy atom. The third kappa shape index (κ3) is 28.2.